The summed E-state index contributed by atoms with van der Waals surface area (Å²) in [6.07, 6.45) is 2.17. The van der Waals surface area contributed by atoms with Crippen LogP contribution in [0.4, 0.5) is 5.82 Å². The zero-order valence-electron chi connectivity index (χ0n) is 10.6. The number of anilines is 1. The van der Waals surface area contributed by atoms with E-state index >= 15 is 0 Å². The van der Waals surface area contributed by atoms with Gasteiger partial charge in [0.05, 0.1) is 25.4 Å². The zero-order valence-corrected chi connectivity index (χ0v) is 11.3. The van der Waals surface area contributed by atoms with Crippen LogP contribution in [0.15, 0.2) is 4.79 Å². The van der Waals surface area contributed by atoms with Gasteiger partial charge in [0.1, 0.15) is 0 Å². The second-order valence-electron chi connectivity index (χ2n) is 5.42. The summed E-state index contributed by atoms with van der Waals surface area (Å²) in [4.78, 5) is 18.1. The van der Waals surface area contributed by atoms with Crippen molar-refractivity contribution >= 4 is 17.4 Å². The number of halogens is 1. The Labute approximate surface area is 114 Å². The third-order valence-corrected chi connectivity index (χ3v) is 4.74. The first-order valence-electron chi connectivity index (χ1n) is 6.38. The Bertz CT molecular complexity index is 617. The maximum Gasteiger partial charge on any atom is 0.350 e. The molecule has 4 heterocycles. The zero-order chi connectivity index (χ0) is 13.2. The molecule has 0 amide bonds. The van der Waals surface area contributed by atoms with E-state index in [2.05, 4.69) is 9.88 Å². The molecule has 0 aliphatic carbocycles. The third-order valence-electron chi connectivity index (χ3n) is 4.49. The van der Waals surface area contributed by atoms with Crippen LogP contribution in [0.5, 0.6) is 5.75 Å². The Kier molecular flexibility index (Phi) is 2.21. The Morgan fingerprint density at radius 2 is 2.42 bits per heavy atom. The van der Waals surface area contributed by atoms with Crippen molar-refractivity contribution < 1.29 is 9.47 Å². The lowest BCUT2D eigenvalue weighted by molar-refractivity contribution is 0.0773. The number of morpholine rings is 1. The van der Waals surface area contributed by atoms with Gasteiger partial charge in [0, 0.05) is 19.5 Å². The first-order valence-corrected chi connectivity index (χ1v) is 6.76. The molecule has 2 fully saturated rings. The standard InChI is InChI=1S/C12H14ClN3O3/c1-18-8-9(13)14-11(17)15-3-2-12-4-7(19-6-12)5-16(12)10(8)15/h7H,2-6H2,1H3/t7-,12-/m0/s1. The van der Waals surface area contributed by atoms with Crippen molar-refractivity contribution in [2.45, 2.75) is 31.0 Å². The predicted octanol–water partition coefficient (Wildman–Crippen LogP) is 0.657. The molecule has 4 rings (SSSR count). The normalized spacial score (nSPS) is 31.3. The van der Waals surface area contributed by atoms with E-state index in [1.807, 2.05) is 0 Å². The number of rotatable bonds is 1. The van der Waals surface area contributed by atoms with Crippen molar-refractivity contribution in [2.75, 3.05) is 25.2 Å². The molecule has 0 aromatic carbocycles. The minimum atomic E-state index is -0.306. The lowest BCUT2D eigenvalue weighted by Gasteiger charge is -2.44. The number of methoxy groups -OCH3 is 1. The predicted molar refractivity (Wildman–Crippen MR) is 69.1 cm³/mol. The molecule has 3 aliphatic rings. The summed E-state index contributed by atoms with van der Waals surface area (Å²) >= 11 is 6.05. The van der Waals surface area contributed by atoms with Gasteiger partial charge in [0.15, 0.2) is 16.7 Å². The minimum absolute atomic E-state index is 0.00900. The van der Waals surface area contributed by atoms with Crippen molar-refractivity contribution in [1.82, 2.24) is 9.55 Å². The highest BCUT2D eigenvalue weighted by atomic mass is 35.5. The number of aromatic nitrogens is 2. The highest BCUT2D eigenvalue weighted by Crippen LogP contribution is 2.49. The summed E-state index contributed by atoms with van der Waals surface area (Å²) in [6, 6.07) is 0. The monoisotopic (exact) mass is 283 g/mol. The van der Waals surface area contributed by atoms with E-state index in [0.29, 0.717) is 12.3 Å². The molecule has 2 atom stereocenters. The Hall–Kier alpha value is -1.27. The molecule has 1 aromatic rings. The van der Waals surface area contributed by atoms with Gasteiger partial charge in [-0.25, -0.2) is 4.79 Å². The summed E-state index contributed by atoms with van der Waals surface area (Å²) in [6.45, 7) is 2.15. The molecular formula is C12H14ClN3O3. The van der Waals surface area contributed by atoms with Crippen molar-refractivity contribution in [1.29, 1.82) is 0 Å². The average Bonchev–Trinajstić information content (AvgIpc) is 2.95. The van der Waals surface area contributed by atoms with Gasteiger partial charge in [0.25, 0.3) is 0 Å². The van der Waals surface area contributed by atoms with E-state index in [9.17, 15) is 4.79 Å². The van der Waals surface area contributed by atoms with Crippen molar-refractivity contribution in [2.24, 2.45) is 0 Å². The summed E-state index contributed by atoms with van der Waals surface area (Å²) in [5.41, 5.74) is -0.297. The van der Waals surface area contributed by atoms with Crippen LogP contribution in [0.2, 0.25) is 5.15 Å². The lowest BCUT2D eigenvalue weighted by atomic mass is 9.92. The highest BCUT2D eigenvalue weighted by Gasteiger charge is 2.55. The van der Waals surface area contributed by atoms with Crippen LogP contribution >= 0.6 is 11.6 Å². The second kappa shape index (κ2) is 3.64. The van der Waals surface area contributed by atoms with Crippen molar-refractivity contribution in [3.8, 4) is 5.75 Å². The second-order valence-corrected chi connectivity index (χ2v) is 5.77. The van der Waals surface area contributed by atoms with Gasteiger partial charge in [-0.15, -0.1) is 0 Å². The first-order chi connectivity index (χ1) is 9.14. The molecule has 6 nitrogen and oxygen atoms in total. The molecule has 1 spiro atoms. The molecule has 3 aliphatic heterocycles. The van der Waals surface area contributed by atoms with Crippen LogP contribution in [0.1, 0.15) is 12.8 Å². The fourth-order valence-corrected chi connectivity index (χ4v) is 3.84. The van der Waals surface area contributed by atoms with Crippen LogP contribution < -0.4 is 15.3 Å². The molecular weight excluding hydrogens is 270 g/mol. The van der Waals surface area contributed by atoms with E-state index in [1.165, 1.54) is 0 Å². The number of nitrogens with zero attached hydrogens (tertiary/aromatic N) is 3. The molecule has 0 N–H and O–H groups in total. The van der Waals surface area contributed by atoms with Gasteiger partial charge in [-0.1, -0.05) is 11.6 Å². The van der Waals surface area contributed by atoms with Crippen LogP contribution in [-0.4, -0.2) is 41.5 Å². The Morgan fingerprint density at radius 1 is 1.58 bits per heavy atom. The van der Waals surface area contributed by atoms with Gasteiger partial charge in [0.2, 0.25) is 0 Å². The van der Waals surface area contributed by atoms with E-state index < -0.39 is 0 Å². The fourth-order valence-electron chi connectivity index (χ4n) is 3.60. The summed E-state index contributed by atoms with van der Waals surface area (Å²) in [5, 5.41) is 0.138. The van der Waals surface area contributed by atoms with Gasteiger partial charge in [-0.3, -0.25) is 4.57 Å². The highest BCUT2D eigenvalue weighted by molar-refractivity contribution is 6.31. The molecule has 7 heteroatoms. The SMILES string of the molecule is COc1c(Cl)nc(=O)n2c1N1C[C@@H]3C[C@@]1(CC2)CO3. The molecule has 19 heavy (non-hydrogen) atoms. The van der Waals surface area contributed by atoms with Gasteiger partial charge in [-0.05, 0) is 6.42 Å². The smallest absolute Gasteiger partial charge is 0.350 e. The van der Waals surface area contributed by atoms with E-state index in [4.69, 9.17) is 21.1 Å². The van der Waals surface area contributed by atoms with Crippen LogP contribution in [0.25, 0.3) is 0 Å². The maximum atomic E-state index is 12.0. The quantitative estimate of drug-likeness (QED) is 0.709. The van der Waals surface area contributed by atoms with Crippen molar-refractivity contribution in [3.05, 3.63) is 15.6 Å². The van der Waals surface area contributed by atoms with Crippen molar-refractivity contribution in [3.63, 3.8) is 0 Å². The third kappa shape index (κ3) is 1.36. The summed E-state index contributed by atoms with van der Waals surface area (Å²) in [7, 11) is 1.56. The number of ether oxygens (including phenoxy) is 2. The topological polar surface area (TPSA) is 56.6 Å². The molecule has 2 saturated heterocycles. The van der Waals surface area contributed by atoms with E-state index in [-0.39, 0.29) is 22.5 Å². The molecule has 0 saturated carbocycles. The summed E-state index contributed by atoms with van der Waals surface area (Å²) < 4.78 is 12.8. The fraction of sp³-hybridized carbons (Fsp3) is 0.667. The number of hydrogen-bond donors (Lipinski definition) is 0. The maximum absolute atomic E-state index is 12.0. The molecule has 102 valence electrons. The van der Waals surface area contributed by atoms with Crippen LogP contribution in [-0.2, 0) is 11.3 Å². The Balaban J connectivity index is 1.96. The minimum Gasteiger partial charge on any atom is -0.490 e. The lowest BCUT2D eigenvalue weighted by Crippen LogP contribution is -2.55. The number of hydrogen-bond acceptors (Lipinski definition) is 5. The van der Waals surface area contributed by atoms with Gasteiger partial charge in [-0.2, -0.15) is 4.98 Å². The average molecular weight is 284 g/mol. The molecule has 1 aromatic heterocycles. The van der Waals surface area contributed by atoms with Gasteiger partial charge >= 0.3 is 5.69 Å². The Morgan fingerprint density at radius 3 is 3.16 bits per heavy atom. The number of fused-ring (bicyclic) bond motifs is 3. The van der Waals surface area contributed by atoms with Gasteiger partial charge < -0.3 is 14.4 Å². The molecule has 0 unspecified atom stereocenters. The molecule has 0 radical (unpaired) electrons. The first kappa shape index (κ1) is 11.5. The summed E-state index contributed by atoms with van der Waals surface area (Å²) in [5.74, 6) is 1.26. The van der Waals surface area contributed by atoms with E-state index in [1.54, 1.807) is 11.7 Å². The van der Waals surface area contributed by atoms with Crippen LogP contribution in [0.3, 0.4) is 0 Å². The van der Waals surface area contributed by atoms with Crippen LogP contribution in [0, 0.1) is 0 Å². The van der Waals surface area contributed by atoms with E-state index in [0.717, 1.165) is 31.8 Å². The molecule has 2 bridgehead atoms. The largest absolute Gasteiger partial charge is 0.490 e.